The highest BCUT2D eigenvalue weighted by molar-refractivity contribution is 7.19. The average Bonchev–Trinajstić information content (AvgIpc) is 3.16. The first-order valence-electron chi connectivity index (χ1n) is 8.19. The SMILES string of the molecule is C[C@@H]1CCc2c(sc3[nH]c(=O)n4nc(-c5ccccc5)nc4c23)C1. The molecule has 1 aliphatic rings. The number of aromatic nitrogens is 4. The summed E-state index contributed by atoms with van der Waals surface area (Å²) in [5, 5.41) is 5.52. The van der Waals surface area contributed by atoms with Gasteiger partial charge in [-0.3, -0.25) is 4.98 Å². The van der Waals surface area contributed by atoms with Crippen LogP contribution in [0.2, 0.25) is 0 Å². The Morgan fingerprint density at radius 3 is 2.96 bits per heavy atom. The first kappa shape index (κ1) is 13.9. The van der Waals surface area contributed by atoms with Crippen molar-refractivity contribution >= 4 is 27.2 Å². The molecule has 1 atom stereocenters. The van der Waals surface area contributed by atoms with Gasteiger partial charge in [-0.15, -0.1) is 16.4 Å². The molecule has 5 rings (SSSR count). The number of H-pyrrole nitrogens is 1. The van der Waals surface area contributed by atoms with Gasteiger partial charge in [0.2, 0.25) is 0 Å². The molecule has 6 heteroatoms. The molecule has 24 heavy (non-hydrogen) atoms. The fraction of sp³-hybridized carbons (Fsp3) is 0.278. The monoisotopic (exact) mass is 336 g/mol. The minimum Gasteiger partial charge on any atom is -0.297 e. The molecule has 0 saturated heterocycles. The van der Waals surface area contributed by atoms with E-state index in [4.69, 9.17) is 4.98 Å². The van der Waals surface area contributed by atoms with E-state index in [1.165, 1.54) is 21.4 Å². The third-order valence-electron chi connectivity index (χ3n) is 4.79. The van der Waals surface area contributed by atoms with Crippen LogP contribution in [0.1, 0.15) is 23.8 Å². The van der Waals surface area contributed by atoms with Crippen LogP contribution in [0.5, 0.6) is 0 Å². The lowest BCUT2D eigenvalue weighted by Crippen LogP contribution is -2.17. The molecule has 0 spiro atoms. The second kappa shape index (κ2) is 5.01. The first-order valence-corrected chi connectivity index (χ1v) is 9.01. The van der Waals surface area contributed by atoms with Crippen molar-refractivity contribution in [2.24, 2.45) is 5.92 Å². The van der Waals surface area contributed by atoms with Gasteiger partial charge in [0.15, 0.2) is 11.5 Å². The Bertz CT molecular complexity index is 1120. The summed E-state index contributed by atoms with van der Waals surface area (Å²) in [5.74, 6) is 1.30. The summed E-state index contributed by atoms with van der Waals surface area (Å²) < 4.78 is 1.41. The summed E-state index contributed by atoms with van der Waals surface area (Å²) in [7, 11) is 0. The number of nitrogens with one attached hydrogen (secondary N) is 1. The summed E-state index contributed by atoms with van der Waals surface area (Å²) >= 11 is 1.70. The molecule has 0 aliphatic heterocycles. The molecule has 1 aliphatic carbocycles. The number of rotatable bonds is 1. The maximum absolute atomic E-state index is 12.4. The van der Waals surface area contributed by atoms with E-state index in [0.29, 0.717) is 17.4 Å². The highest BCUT2D eigenvalue weighted by Crippen LogP contribution is 2.38. The van der Waals surface area contributed by atoms with Crippen molar-refractivity contribution in [2.45, 2.75) is 26.2 Å². The van der Waals surface area contributed by atoms with E-state index in [2.05, 4.69) is 17.0 Å². The van der Waals surface area contributed by atoms with Crippen LogP contribution < -0.4 is 5.69 Å². The van der Waals surface area contributed by atoms with Gasteiger partial charge < -0.3 is 0 Å². The van der Waals surface area contributed by atoms with Gasteiger partial charge in [-0.2, -0.15) is 4.52 Å². The van der Waals surface area contributed by atoms with Crippen LogP contribution in [0.25, 0.3) is 27.3 Å². The molecule has 0 amide bonds. The number of hydrogen-bond donors (Lipinski definition) is 1. The molecule has 0 saturated carbocycles. The van der Waals surface area contributed by atoms with Crippen LogP contribution in [0.15, 0.2) is 35.1 Å². The number of hydrogen-bond acceptors (Lipinski definition) is 4. The molecule has 0 bridgehead atoms. The van der Waals surface area contributed by atoms with Crippen molar-refractivity contribution in [1.29, 1.82) is 0 Å². The standard InChI is InChI=1S/C18H16N4OS/c1-10-7-8-12-13(9-10)24-17-14(12)16-19-15(11-5-3-2-4-6-11)21-22(16)18(23)20-17/h2-6,10H,7-9H2,1H3,(H,20,23)/t10-/m1/s1. The zero-order valence-electron chi connectivity index (χ0n) is 13.2. The van der Waals surface area contributed by atoms with Gasteiger partial charge in [-0.25, -0.2) is 9.78 Å². The molecule has 1 N–H and O–H groups in total. The van der Waals surface area contributed by atoms with Gasteiger partial charge in [0.05, 0.1) is 5.39 Å². The van der Waals surface area contributed by atoms with Crippen molar-refractivity contribution in [3.63, 3.8) is 0 Å². The van der Waals surface area contributed by atoms with Crippen molar-refractivity contribution < 1.29 is 0 Å². The van der Waals surface area contributed by atoms with E-state index in [9.17, 15) is 4.79 Å². The third kappa shape index (κ3) is 1.96. The van der Waals surface area contributed by atoms with E-state index in [0.717, 1.165) is 28.6 Å². The van der Waals surface area contributed by atoms with Crippen LogP contribution in [0.4, 0.5) is 0 Å². The van der Waals surface area contributed by atoms with Crippen LogP contribution in [0.3, 0.4) is 0 Å². The van der Waals surface area contributed by atoms with Gasteiger partial charge >= 0.3 is 5.69 Å². The van der Waals surface area contributed by atoms with E-state index in [1.807, 2.05) is 30.3 Å². The average molecular weight is 336 g/mol. The number of thiophene rings is 1. The minimum atomic E-state index is -0.223. The van der Waals surface area contributed by atoms with Crippen LogP contribution in [0, 0.1) is 5.92 Å². The fourth-order valence-electron chi connectivity index (χ4n) is 3.55. The van der Waals surface area contributed by atoms with E-state index >= 15 is 0 Å². The van der Waals surface area contributed by atoms with Crippen LogP contribution in [-0.2, 0) is 12.8 Å². The van der Waals surface area contributed by atoms with Crippen molar-refractivity contribution in [1.82, 2.24) is 19.6 Å². The molecule has 4 aromatic rings. The summed E-state index contributed by atoms with van der Waals surface area (Å²) in [5.41, 5.74) is 2.73. The third-order valence-corrected chi connectivity index (χ3v) is 5.96. The Balaban J connectivity index is 1.84. The number of fused-ring (bicyclic) bond motifs is 5. The predicted octanol–water partition coefficient (Wildman–Crippen LogP) is 3.42. The Hall–Kier alpha value is -2.47. The van der Waals surface area contributed by atoms with Gasteiger partial charge in [-0.1, -0.05) is 37.3 Å². The van der Waals surface area contributed by atoms with E-state index in [-0.39, 0.29) is 5.69 Å². The highest BCUT2D eigenvalue weighted by atomic mass is 32.1. The zero-order valence-corrected chi connectivity index (χ0v) is 14.1. The smallest absolute Gasteiger partial charge is 0.297 e. The maximum Gasteiger partial charge on any atom is 0.349 e. The number of aryl methyl sites for hydroxylation is 1. The van der Waals surface area contributed by atoms with E-state index < -0.39 is 0 Å². The van der Waals surface area contributed by atoms with E-state index in [1.54, 1.807) is 11.3 Å². The molecule has 3 aromatic heterocycles. The lowest BCUT2D eigenvalue weighted by molar-refractivity contribution is 0.509. The molecule has 0 fully saturated rings. The largest absolute Gasteiger partial charge is 0.349 e. The number of nitrogens with zero attached hydrogens (tertiary/aromatic N) is 3. The Kier molecular flexibility index (Phi) is 2.91. The number of benzene rings is 1. The van der Waals surface area contributed by atoms with Crippen molar-refractivity contribution in [3.05, 3.63) is 51.3 Å². The summed E-state index contributed by atoms with van der Waals surface area (Å²) in [6.07, 6.45) is 3.32. The summed E-state index contributed by atoms with van der Waals surface area (Å²) in [6.45, 7) is 2.29. The summed E-state index contributed by atoms with van der Waals surface area (Å²) in [4.78, 5) is 22.4. The molecule has 0 unspecified atom stereocenters. The Morgan fingerprint density at radius 1 is 1.29 bits per heavy atom. The van der Waals surface area contributed by atoms with Crippen LogP contribution in [-0.4, -0.2) is 19.6 Å². The second-order valence-electron chi connectivity index (χ2n) is 6.52. The van der Waals surface area contributed by atoms with Gasteiger partial charge in [0, 0.05) is 10.4 Å². The molecule has 1 aromatic carbocycles. The first-order chi connectivity index (χ1) is 11.7. The van der Waals surface area contributed by atoms with Gasteiger partial charge in [-0.05, 0) is 30.7 Å². The molecule has 5 nitrogen and oxygen atoms in total. The second-order valence-corrected chi connectivity index (χ2v) is 7.63. The normalized spacial score (nSPS) is 17.5. The predicted molar refractivity (Wildman–Crippen MR) is 95.6 cm³/mol. The van der Waals surface area contributed by atoms with Gasteiger partial charge in [0.1, 0.15) is 4.83 Å². The quantitative estimate of drug-likeness (QED) is 0.579. The molecular formula is C18H16N4OS. The van der Waals surface area contributed by atoms with Crippen molar-refractivity contribution in [3.8, 4) is 11.4 Å². The van der Waals surface area contributed by atoms with Crippen LogP contribution >= 0.6 is 11.3 Å². The summed E-state index contributed by atoms with van der Waals surface area (Å²) in [6, 6.07) is 9.79. The van der Waals surface area contributed by atoms with Crippen molar-refractivity contribution in [2.75, 3.05) is 0 Å². The fourth-order valence-corrected chi connectivity index (χ4v) is 4.95. The molecule has 0 radical (unpaired) electrons. The minimum absolute atomic E-state index is 0.223. The molecule has 3 heterocycles. The highest BCUT2D eigenvalue weighted by Gasteiger charge is 2.24. The van der Waals surface area contributed by atoms with Gasteiger partial charge in [0.25, 0.3) is 0 Å². The Labute approximate surface area is 142 Å². The Morgan fingerprint density at radius 2 is 2.12 bits per heavy atom. The zero-order chi connectivity index (χ0) is 16.3. The maximum atomic E-state index is 12.4. The topological polar surface area (TPSA) is 63.0 Å². The number of aromatic amines is 1. The molecular weight excluding hydrogens is 320 g/mol. The molecule has 120 valence electrons. The lowest BCUT2D eigenvalue weighted by Gasteiger charge is -2.17. The lowest BCUT2D eigenvalue weighted by atomic mass is 9.89.